The number of hydrogen-bond acceptors (Lipinski definition) is 3. The van der Waals surface area contributed by atoms with Gasteiger partial charge < -0.3 is 10.3 Å². The fourth-order valence-electron chi connectivity index (χ4n) is 3.10. The van der Waals surface area contributed by atoms with E-state index in [1.807, 2.05) is 37.3 Å². The summed E-state index contributed by atoms with van der Waals surface area (Å²) >= 11 is 0. The maximum absolute atomic E-state index is 12.3. The molecule has 5 heteroatoms. The van der Waals surface area contributed by atoms with Crippen molar-refractivity contribution < 1.29 is 0 Å². The van der Waals surface area contributed by atoms with Gasteiger partial charge in [-0.05, 0) is 55.3 Å². The molecule has 3 N–H and O–H groups in total. The fraction of sp³-hybridized carbons (Fsp3) is 0.158. The van der Waals surface area contributed by atoms with Gasteiger partial charge in [-0.2, -0.15) is 5.10 Å². The number of nitrogens with zero attached hydrogens (tertiary/aromatic N) is 1. The van der Waals surface area contributed by atoms with Crippen molar-refractivity contribution in [1.82, 2.24) is 15.2 Å². The molecule has 0 radical (unpaired) electrons. The zero-order valence-electron chi connectivity index (χ0n) is 13.6. The Morgan fingerprint density at radius 3 is 2.83 bits per heavy atom. The van der Waals surface area contributed by atoms with Crippen LogP contribution in [0.25, 0.3) is 21.8 Å². The number of aromatic amines is 2. The maximum Gasteiger partial charge on any atom is 0.253 e. The molecule has 0 amide bonds. The van der Waals surface area contributed by atoms with Gasteiger partial charge in [-0.15, -0.1) is 0 Å². The van der Waals surface area contributed by atoms with Crippen LogP contribution in [-0.2, 0) is 6.54 Å². The van der Waals surface area contributed by atoms with Crippen molar-refractivity contribution in [3.63, 3.8) is 0 Å². The first-order valence-electron chi connectivity index (χ1n) is 7.90. The highest BCUT2D eigenvalue weighted by Gasteiger charge is 2.06. The topological polar surface area (TPSA) is 73.6 Å². The molecule has 0 saturated carbocycles. The molecular formula is C19H18N4O. The van der Waals surface area contributed by atoms with E-state index in [1.165, 1.54) is 5.56 Å². The normalized spacial score (nSPS) is 11.2. The molecule has 120 valence electrons. The second-order valence-electron chi connectivity index (χ2n) is 6.19. The summed E-state index contributed by atoms with van der Waals surface area (Å²) in [7, 11) is 0. The molecular weight excluding hydrogens is 300 g/mol. The third-order valence-electron chi connectivity index (χ3n) is 4.31. The lowest BCUT2D eigenvalue weighted by Gasteiger charge is -2.09. The predicted molar refractivity (Wildman–Crippen MR) is 97.5 cm³/mol. The lowest BCUT2D eigenvalue weighted by atomic mass is 10.0. The number of aromatic nitrogens is 3. The van der Waals surface area contributed by atoms with E-state index in [-0.39, 0.29) is 5.56 Å². The standard InChI is InChI=1S/C19H18N4O/c1-11-5-12(2)16-8-14(19(24)22-18(16)6-11)9-20-15-3-4-17-13(7-15)10-21-23-17/h3-8,10,20H,9H2,1-2H3,(H,21,23)(H,22,24). The van der Waals surface area contributed by atoms with E-state index in [4.69, 9.17) is 0 Å². The molecule has 0 spiro atoms. The third-order valence-corrected chi connectivity index (χ3v) is 4.31. The lowest BCUT2D eigenvalue weighted by Crippen LogP contribution is -2.16. The number of anilines is 1. The quantitative estimate of drug-likeness (QED) is 0.540. The van der Waals surface area contributed by atoms with Crippen LogP contribution in [0.5, 0.6) is 0 Å². The van der Waals surface area contributed by atoms with Crippen LogP contribution < -0.4 is 10.9 Å². The van der Waals surface area contributed by atoms with E-state index < -0.39 is 0 Å². The van der Waals surface area contributed by atoms with Gasteiger partial charge in [0.05, 0.1) is 11.7 Å². The van der Waals surface area contributed by atoms with Crippen LogP contribution in [0.2, 0.25) is 0 Å². The van der Waals surface area contributed by atoms with Crippen LogP contribution in [0.1, 0.15) is 16.7 Å². The van der Waals surface area contributed by atoms with Crippen LogP contribution in [0.3, 0.4) is 0 Å². The van der Waals surface area contributed by atoms with E-state index in [1.54, 1.807) is 6.20 Å². The molecule has 0 aliphatic heterocycles. The lowest BCUT2D eigenvalue weighted by molar-refractivity contribution is 1.09. The Bertz CT molecular complexity index is 1110. The number of fused-ring (bicyclic) bond motifs is 2. The zero-order chi connectivity index (χ0) is 16.7. The Morgan fingerprint density at radius 1 is 1.08 bits per heavy atom. The van der Waals surface area contributed by atoms with Gasteiger partial charge >= 0.3 is 0 Å². The first-order valence-corrected chi connectivity index (χ1v) is 7.90. The van der Waals surface area contributed by atoms with Gasteiger partial charge in [0.1, 0.15) is 0 Å². The molecule has 4 rings (SSSR count). The predicted octanol–water partition coefficient (Wildman–Crippen LogP) is 3.63. The third kappa shape index (κ3) is 2.54. The highest BCUT2D eigenvalue weighted by atomic mass is 16.1. The molecule has 4 aromatic rings. The molecule has 0 unspecified atom stereocenters. The fourth-order valence-corrected chi connectivity index (χ4v) is 3.10. The van der Waals surface area contributed by atoms with Gasteiger partial charge in [-0.25, -0.2) is 0 Å². The first kappa shape index (κ1) is 14.5. The summed E-state index contributed by atoms with van der Waals surface area (Å²) in [5.74, 6) is 0. The Morgan fingerprint density at radius 2 is 1.96 bits per heavy atom. The van der Waals surface area contributed by atoms with E-state index in [0.717, 1.165) is 38.6 Å². The van der Waals surface area contributed by atoms with Gasteiger partial charge in [-0.3, -0.25) is 9.89 Å². The monoisotopic (exact) mass is 318 g/mol. The molecule has 0 atom stereocenters. The van der Waals surface area contributed by atoms with E-state index in [2.05, 4.69) is 33.5 Å². The Hall–Kier alpha value is -3.08. The molecule has 0 fully saturated rings. The number of aryl methyl sites for hydroxylation is 2. The minimum Gasteiger partial charge on any atom is -0.381 e. The van der Waals surface area contributed by atoms with Gasteiger partial charge in [0.15, 0.2) is 0 Å². The second kappa shape index (κ2) is 5.53. The average Bonchev–Trinajstić information content (AvgIpc) is 3.00. The van der Waals surface area contributed by atoms with Crippen molar-refractivity contribution in [3.05, 3.63) is 69.6 Å². The number of H-pyrrole nitrogens is 2. The molecule has 0 saturated heterocycles. The van der Waals surface area contributed by atoms with Crippen LogP contribution in [0.15, 0.2) is 47.4 Å². The number of hydrogen-bond donors (Lipinski definition) is 3. The molecule has 0 bridgehead atoms. The van der Waals surface area contributed by atoms with Crippen molar-refractivity contribution in [2.24, 2.45) is 0 Å². The summed E-state index contributed by atoms with van der Waals surface area (Å²) in [5.41, 5.74) is 5.84. The summed E-state index contributed by atoms with van der Waals surface area (Å²) in [6.07, 6.45) is 1.79. The van der Waals surface area contributed by atoms with Crippen LogP contribution >= 0.6 is 0 Å². The molecule has 2 aromatic carbocycles. The second-order valence-corrected chi connectivity index (χ2v) is 6.19. The zero-order valence-corrected chi connectivity index (χ0v) is 13.6. The summed E-state index contributed by atoms with van der Waals surface area (Å²) in [6, 6.07) is 12.1. The molecule has 5 nitrogen and oxygen atoms in total. The van der Waals surface area contributed by atoms with Crippen molar-refractivity contribution in [2.75, 3.05) is 5.32 Å². The minimum absolute atomic E-state index is 0.0515. The molecule has 2 aromatic heterocycles. The van der Waals surface area contributed by atoms with E-state index in [0.29, 0.717) is 6.54 Å². The average molecular weight is 318 g/mol. The van der Waals surface area contributed by atoms with Gasteiger partial charge in [-0.1, -0.05) is 6.07 Å². The van der Waals surface area contributed by atoms with Crippen molar-refractivity contribution in [2.45, 2.75) is 20.4 Å². The smallest absolute Gasteiger partial charge is 0.253 e. The van der Waals surface area contributed by atoms with Crippen LogP contribution in [0.4, 0.5) is 5.69 Å². The molecule has 24 heavy (non-hydrogen) atoms. The Kier molecular flexibility index (Phi) is 3.34. The van der Waals surface area contributed by atoms with Crippen molar-refractivity contribution in [3.8, 4) is 0 Å². The summed E-state index contributed by atoms with van der Waals surface area (Å²) in [6.45, 7) is 4.58. The SMILES string of the molecule is Cc1cc(C)c2cc(CNc3ccc4[nH]ncc4c3)c(=O)[nH]c2c1. The molecule has 2 heterocycles. The number of pyridine rings is 1. The minimum atomic E-state index is -0.0515. The first-order chi connectivity index (χ1) is 11.6. The summed E-state index contributed by atoms with van der Waals surface area (Å²) in [5, 5.41) is 12.4. The van der Waals surface area contributed by atoms with E-state index >= 15 is 0 Å². The highest BCUT2D eigenvalue weighted by Crippen LogP contribution is 2.20. The largest absolute Gasteiger partial charge is 0.381 e. The Balaban J connectivity index is 1.66. The number of nitrogens with one attached hydrogen (secondary N) is 3. The maximum atomic E-state index is 12.3. The highest BCUT2D eigenvalue weighted by molar-refractivity contribution is 5.83. The van der Waals surface area contributed by atoms with Crippen LogP contribution in [-0.4, -0.2) is 15.2 Å². The summed E-state index contributed by atoms with van der Waals surface area (Å²) in [4.78, 5) is 15.3. The van der Waals surface area contributed by atoms with Crippen LogP contribution in [0, 0.1) is 13.8 Å². The number of benzene rings is 2. The van der Waals surface area contributed by atoms with Crippen molar-refractivity contribution >= 4 is 27.5 Å². The van der Waals surface area contributed by atoms with Gasteiger partial charge in [0.2, 0.25) is 0 Å². The summed E-state index contributed by atoms with van der Waals surface area (Å²) < 4.78 is 0. The Labute approximate surface area is 138 Å². The van der Waals surface area contributed by atoms with Crippen molar-refractivity contribution in [1.29, 1.82) is 0 Å². The van der Waals surface area contributed by atoms with E-state index in [9.17, 15) is 4.79 Å². The molecule has 0 aliphatic rings. The number of rotatable bonds is 3. The molecule has 0 aliphatic carbocycles. The van der Waals surface area contributed by atoms with Gasteiger partial charge in [0, 0.05) is 34.1 Å². The van der Waals surface area contributed by atoms with Gasteiger partial charge in [0.25, 0.3) is 5.56 Å².